The molecule has 0 saturated heterocycles. The van der Waals surface area contributed by atoms with E-state index >= 15 is 0 Å². The smallest absolute Gasteiger partial charge is 0.361 e. The number of alkyl halides is 3. The number of aromatic nitrogens is 2. The number of hydrogen-bond acceptors (Lipinski definition) is 2. The number of aromatic amines is 1. The summed E-state index contributed by atoms with van der Waals surface area (Å²) in [5.74, 6) is -0.384. The Morgan fingerprint density at radius 3 is 2.72 bits per heavy atom. The lowest BCUT2D eigenvalue weighted by atomic mass is 10.1. The number of carbonyl (C=O) groups excluding carboxylic acids is 1. The molecule has 2 N–H and O–H groups in total. The van der Waals surface area contributed by atoms with E-state index in [1.807, 2.05) is 12.1 Å². The van der Waals surface area contributed by atoms with Gasteiger partial charge in [-0.05, 0) is 48.2 Å². The number of hydrogen-bond donors (Lipinski definition) is 2. The molecular formula is C18H14F3N3O. The number of H-pyrrole nitrogens is 1. The van der Waals surface area contributed by atoms with Gasteiger partial charge in [0.05, 0.1) is 0 Å². The number of benzene rings is 1. The maximum absolute atomic E-state index is 12.6. The first-order chi connectivity index (χ1) is 11.8. The van der Waals surface area contributed by atoms with E-state index in [-0.39, 0.29) is 11.6 Å². The number of anilines is 1. The number of nitrogens with zero attached hydrogens (tertiary/aromatic N) is 1. The third-order valence-electron chi connectivity index (χ3n) is 3.65. The third-order valence-corrected chi connectivity index (χ3v) is 3.65. The quantitative estimate of drug-likeness (QED) is 0.685. The number of fused-ring (bicyclic) bond motifs is 1. The van der Waals surface area contributed by atoms with Gasteiger partial charge >= 0.3 is 6.18 Å². The van der Waals surface area contributed by atoms with Gasteiger partial charge in [0, 0.05) is 29.2 Å². The summed E-state index contributed by atoms with van der Waals surface area (Å²) >= 11 is 0. The number of halogens is 3. The van der Waals surface area contributed by atoms with Crippen LogP contribution in [0.1, 0.15) is 17.0 Å². The van der Waals surface area contributed by atoms with Crippen LogP contribution in [-0.4, -0.2) is 15.9 Å². The first-order valence-electron chi connectivity index (χ1n) is 7.44. The van der Waals surface area contributed by atoms with E-state index < -0.39 is 11.9 Å². The Hall–Kier alpha value is -3.09. The second-order valence-corrected chi connectivity index (χ2v) is 5.47. The van der Waals surface area contributed by atoms with Crippen molar-refractivity contribution in [2.45, 2.75) is 13.1 Å². The van der Waals surface area contributed by atoms with Crippen molar-refractivity contribution in [3.05, 3.63) is 65.6 Å². The van der Waals surface area contributed by atoms with Crippen LogP contribution < -0.4 is 5.32 Å². The van der Waals surface area contributed by atoms with Crippen LogP contribution in [0.5, 0.6) is 0 Å². The summed E-state index contributed by atoms with van der Waals surface area (Å²) in [5, 5.41) is 3.73. The molecule has 0 radical (unpaired) electrons. The fourth-order valence-corrected chi connectivity index (χ4v) is 2.38. The number of carbonyl (C=O) groups is 1. The van der Waals surface area contributed by atoms with Gasteiger partial charge in [0.25, 0.3) is 0 Å². The summed E-state index contributed by atoms with van der Waals surface area (Å²) in [6.45, 7) is 1.46. The molecule has 0 saturated carbocycles. The van der Waals surface area contributed by atoms with Crippen LogP contribution in [0.2, 0.25) is 0 Å². The average molecular weight is 345 g/mol. The lowest BCUT2D eigenvalue weighted by Gasteiger charge is -2.08. The Labute approximate surface area is 141 Å². The molecule has 0 unspecified atom stereocenters. The van der Waals surface area contributed by atoms with Crippen LogP contribution in [0.3, 0.4) is 0 Å². The largest absolute Gasteiger partial charge is 0.433 e. The third kappa shape index (κ3) is 3.88. The summed E-state index contributed by atoms with van der Waals surface area (Å²) in [6.07, 6.45) is 0.0125. The standard InChI is InChI=1S/C18H14F3N3O/c1-11-12(3-6-16(23-11)18(19,20)21)4-7-17(25)24-14-5-2-13-8-9-22-15(13)10-14/h2-10,22H,1H3,(H,24,25)/b7-4+. The van der Waals surface area contributed by atoms with Gasteiger partial charge in [0.1, 0.15) is 5.69 Å². The molecule has 2 aromatic heterocycles. The molecule has 3 rings (SSSR count). The first-order valence-corrected chi connectivity index (χ1v) is 7.44. The Kier molecular flexibility index (Phi) is 4.31. The Bertz CT molecular complexity index is 958. The molecule has 0 aliphatic heterocycles. The number of nitrogens with one attached hydrogen (secondary N) is 2. The number of pyridine rings is 1. The van der Waals surface area contributed by atoms with E-state index in [1.54, 1.807) is 18.3 Å². The van der Waals surface area contributed by atoms with E-state index in [4.69, 9.17) is 0 Å². The summed E-state index contributed by atoms with van der Waals surface area (Å²) in [5.41, 5.74) is 1.21. The van der Waals surface area contributed by atoms with Crippen LogP contribution >= 0.6 is 0 Å². The molecule has 3 aromatic rings. The highest BCUT2D eigenvalue weighted by Gasteiger charge is 2.32. The van der Waals surface area contributed by atoms with Crippen LogP contribution in [0, 0.1) is 6.92 Å². The van der Waals surface area contributed by atoms with Crippen molar-refractivity contribution >= 4 is 28.6 Å². The van der Waals surface area contributed by atoms with Crippen molar-refractivity contribution in [3.63, 3.8) is 0 Å². The highest BCUT2D eigenvalue weighted by Crippen LogP contribution is 2.28. The molecule has 4 nitrogen and oxygen atoms in total. The molecule has 128 valence electrons. The van der Waals surface area contributed by atoms with Gasteiger partial charge in [-0.25, -0.2) is 4.98 Å². The van der Waals surface area contributed by atoms with Crippen molar-refractivity contribution < 1.29 is 18.0 Å². The molecule has 0 spiro atoms. The first kappa shape index (κ1) is 16.8. The van der Waals surface area contributed by atoms with Crippen molar-refractivity contribution in [1.29, 1.82) is 0 Å². The van der Waals surface area contributed by atoms with Gasteiger partial charge in [-0.2, -0.15) is 13.2 Å². The maximum Gasteiger partial charge on any atom is 0.433 e. The minimum absolute atomic E-state index is 0.201. The Morgan fingerprint density at radius 1 is 1.20 bits per heavy atom. The van der Waals surface area contributed by atoms with E-state index in [9.17, 15) is 18.0 Å². The predicted octanol–water partition coefficient (Wildman–Crippen LogP) is 4.54. The van der Waals surface area contributed by atoms with Gasteiger partial charge in [-0.3, -0.25) is 4.79 Å². The fraction of sp³-hybridized carbons (Fsp3) is 0.111. The van der Waals surface area contributed by atoms with Gasteiger partial charge in [-0.1, -0.05) is 12.1 Å². The summed E-state index contributed by atoms with van der Waals surface area (Å²) in [6, 6.07) is 9.54. The van der Waals surface area contributed by atoms with Crippen LogP contribution in [0.4, 0.5) is 18.9 Å². The van der Waals surface area contributed by atoms with Crippen LogP contribution in [0.25, 0.3) is 17.0 Å². The lowest BCUT2D eigenvalue weighted by Crippen LogP contribution is -2.09. The van der Waals surface area contributed by atoms with Crippen LogP contribution in [0.15, 0.2) is 48.7 Å². The van der Waals surface area contributed by atoms with Gasteiger partial charge in [0.15, 0.2) is 0 Å². The summed E-state index contributed by atoms with van der Waals surface area (Å²) < 4.78 is 37.8. The number of rotatable bonds is 3. The molecule has 0 bridgehead atoms. The van der Waals surface area contributed by atoms with Crippen molar-refractivity contribution in [1.82, 2.24) is 9.97 Å². The molecular weight excluding hydrogens is 331 g/mol. The molecule has 1 amide bonds. The molecule has 2 heterocycles. The SMILES string of the molecule is Cc1nc(C(F)(F)F)ccc1/C=C/C(=O)Nc1ccc2cc[nH]c2c1. The van der Waals surface area contributed by atoms with E-state index in [2.05, 4.69) is 15.3 Å². The van der Waals surface area contributed by atoms with E-state index in [1.165, 1.54) is 25.1 Å². The normalized spacial score (nSPS) is 12.0. The molecule has 7 heteroatoms. The predicted molar refractivity (Wildman–Crippen MR) is 89.9 cm³/mol. The van der Waals surface area contributed by atoms with Crippen LogP contribution in [-0.2, 0) is 11.0 Å². The molecule has 25 heavy (non-hydrogen) atoms. The second kappa shape index (κ2) is 6.43. The monoisotopic (exact) mass is 345 g/mol. The fourth-order valence-electron chi connectivity index (χ4n) is 2.38. The van der Waals surface area contributed by atoms with Gasteiger partial charge < -0.3 is 10.3 Å². The van der Waals surface area contributed by atoms with Crippen molar-refractivity contribution in [2.24, 2.45) is 0 Å². The van der Waals surface area contributed by atoms with E-state index in [0.717, 1.165) is 17.0 Å². The van der Waals surface area contributed by atoms with E-state index in [0.29, 0.717) is 11.3 Å². The zero-order chi connectivity index (χ0) is 18.0. The summed E-state index contributed by atoms with van der Waals surface area (Å²) in [4.78, 5) is 18.6. The van der Waals surface area contributed by atoms with Crippen molar-refractivity contribution in [2.75, 3.05) is 5.32 Å². The maximum atomic E-state index is 12.6. The second-order valence-electron chi connectivity index (χ2n) is 5.47. The lowest BCUT2D eigenvalue weighted by molar-refractivity contribution is -0.141. The highest BCUT2D eigenvalue weighted by molar-refractivity contribution is 6.02. The molecule has 1 aromatic carbocycles. The highest BCUT2D eigenvalue weighted by atomic mass is 19.4. The molecule has 0 aliphatic rings. The molecule has 0 fully saturated rings. The van der Waals surface area contributed by atoms with Gasteiger partial charge in [-0.15, -0.1) is 0 Å². The average Bonchev–Trinajstić information content (AvgIpc) is 3.00. The summed E-state index contributed by atoms with van der Waals surface area (Å²) in [7, 11) is 0. The Balaban J connectivity index is 1.71. The van der Waals surface area contributed by atoms with Crippen molar-refractivity contribution in [3.8, 4) is 0 Å². The number of amides is 1. The minimum atomic E-state index is -4.49. The minimum Gasteiger partial charge on any atom is -0.361 e. The zero-order valence-corrected chi connectivity index (χ0v) is 13.2. The van der Waals surface area contributed by atoms with Gasteiger partial charge in [0.2, 0.25) is 5.91 Å². The Morgan fingerprint density at radius 2 is 2.00 bits per heavy atom. The topological polar surface area (TPSA) is 57.8 Å². The molecule has 0 atom stereocenters. The zero-order valence-electron chi connectivity index (χ0n) is 13.2. The molecule has 0 aliphatic carbocycles. The number of aryl methyl sites for hydroxylation is 1.